The second kappa shape index (κ2) is 6.17. The third-order valence-corrected chi connectivity index (χ3v) is 4.25. The zero-order chi connectivity index (χ0) is 13.9. The molecule has 0 aliphatic heterocycles. The van der Waals surface area contributed by atoms with Crippen molar-refractivity contribution in [3.8, 4) is 0 Å². The summed E-state index contributed by atoms with van der Waals surface area (Å²) < 4.78 is 3.20. The van der Waals surface area contributed by atoms with Gasteiger partial charge in [-0.25, -0.2) is 0 Å². The Labute approximate surface area is 118 Å². The third-order valence-electron chi connectivity index (χ3n) is 3.34. The summed E-state index contributed by atoms with van der Waals surface area (Å²) >= 11 is 3.68. The van der Waals surface area contributed by atoms with Crippen LogP contribution in [0.2, 0.25) is 0 Å². The lowest BCUT2D eigenvalue weighted by molar-refractivity contribution is 0.264. The van der Waals surface area contributed by atoms with E-state index in [1.165, 1.54) is 5.69 Å². The monoisotopic (exact) mass is 316 g/mol. The molecule has 1 aromatic heterocycles. The zero-order valence-electron chi connectivity index (χ0n) is 12.0. The van der Waals surface area contributed by atoms with E-state index in [0.29, 0.717) is 0 Å². The molecular formula is C13H25BrN4. The molecule has 1 rings (SSSR count). The fourth-order valence-corrected chi connectivity index (χ4v) is 2.75. The van der Waals surface area contributed by atoms with Crippen LogP contribution in [0.5, 0.6) is 0 Å². The van der Waals surface area contributed by atoms with E-state index >= 15 is 0 Å². The number of hydrogen-bond donors (Lipinski definition) is 2. The van der Waals surface area contributed by atoms with Gasteiger partial charge in [-0.15, -0.1) is 0 Å². The molecule has 0 radical (unpaired) electrons. The molecule has 0 aromatic carbocycles. The first-order valence-corrected chi connectivity index (χ1v) is 7.34. The van der Waals surface area contributed by atoms with E-state index in [4.69, 9.17) is 5.84 Å². The number of aromatic nitrogens is 2. The van der Waals surface area contributed by atoms with Crippen LogP contribution in [0.4, 0.5) is 0 Å². The number of nitrogens with zero attached hydrogens (tertiary/aromatic N) is 2. The third kappa shape index (κ3) is 3.33. The lowest BCUT2D eigenvalue weighted by atomic mass is 9.84. The molecule has 1 unspecified atom stereocenters. The standard InChI is InChI=1S/C13H25BrN4/c1-6-9-12(14)10(18(7-2)17-9)8-11(16-15)13(3,4)5/h11,16H,6-8,15H2,1-5H3. The van der Waals surface area contributed by atoms with Crippen molar-refractivity contribution in [2.24, 2.45) is 11.3 Å². The summed E-state index contributed by atoms with van der Waals surface area (Å²) in [6.45, 7) is 11.7. The Hall–Kier alpha value is -0.390. The second-order valence-corrected chi connectivity index (χ2v) is 6.46. The fourth-order valence-electron chi connectivity index (χ4n) is 2.02. The topological polar surface area (TPSA) is 55.9 Å². The van der Waals surface area contributed by atoms with Crippen molar-refractivity contribution in [3.63, 3.8) is 0 Å². The smallest absolute Gasteiger partial charge is 0.0766 e. The number of halogens is 1. The van der Waals surface area contributed by atoms with Crippen molar-refractivity contribution in [1.29, 1.82) is 0 Å². The van der Waals surface area contributed by atoms with Gasteiger partial charge in [0.15, 0.2) is 0 Å². The summed E-state index contributed by atoms with van der Waals surface area (Å²) in [5, 5.41) is 4.62. The Kier molecular flexibility index (Phi) is 5.37. The van der Waals surface area contributed by atoms with Crippen molar-refractivity contribution in [3.05, 3.63) is 15.9 Å². The first-order chi connectivity index (χ1) is 8.35. The predicted octanol–water partition coefficient (Wildman–Crippen LogP) is 2.65. The van der Waals surface area contributed by atoms with Gasteiger partial charge in [0.1, 0.15) is 0 Å². The molecule has 1 atom stereocenters. The molecule has 0 bridgehead atoms. The van der Waals surface area contributed by atoms with Gasteiger partial charge in [-0.05, 0) is 34.7 Å². The summed E-state index contributed by atoms with van der Waals surface area (Å²) in [5.74, 6) is 5.69. The number of hydrogen-bond acceptors (Lipinski definition) is 3. The van der Waals surface area contributed by atoms with Gasteiger partial charge in [-0.1, -0.05) is 27.7 Å². The maximum atomic E-state index is 5.69. The van der Waals surface area contributed by atoms with E-state index in [0.717, 1.165) is 29.6 Å². The molecule has 0 aliphatic carbocycles. The second-order valence-electron chi connectivity index (χ2n) is 5.67. The molecular weight excluding hydrogens is 292 g/mol. The van der Waals surface area contributed by atoms with Crippen molar-refractivity contribution in [2.45, 2.75) is 60.0 Å². The van der Waals surface area contributed by atoms with Gasteiger partial charge in [-0.3, -0.25) is 16.0 Å². The Bertz CT molecular complexity index is 392. The van der Waals surface area contributed by atoms with Gasteiger partial charge < -0.3 is 0 Å². The molecule has 1 heterocycles. The summed E-state index contributed by atoms with van der Waals surface area (Å²) in [6, 6.07) is 0.223. The molecule has 4 nitrogen and oxygen atoms in total. The minimum Gasteiger partial charge on any atom is -0.271 e. The Morgan fingerprint density at radius 2 is 2.00 bits per heavy atom. The lowest BCUT2D eigenvalue weighted by Gasteiger charge is -2.30. The van der Waals surface area contributed by atoms with Crippen molar-refractivity contribution < 1.29 is 0 Å². The van der Waals surface area contributed by atoms with E-state index in [-0.39, 0.29) is 11.5 Å². The minimum atomic E-state index is 0.114. The highest BCUT2D eigenvalue weighted by molar-refractivity contribution is 9.10. The van der Waals surface area contributed by atoms with Gasteiger partial charge in [0.25, 0.3) is 0 Å². The molecule has 104 valence electrons. The van der Waals surface area contributed by atoms with Crippen LogP contribution < -0.4 is 11.3 Å². The van der Waals surface area contributed by atoms with Crippen LogP contribution in [0.1, 0.15) is 46.0 Å². The predicted molar refractivity (Wildman–Crippen MR) is 79.2 cm³/mol. The summed E-state index contributed by atoms with van der Waals surface area (Å²) in [6.07, 6.45) is 1.82. The highest BCUT2D eigenvalue weighted by atomic mass is 79.9. The van der Waals surface area contributed by atoms with Gasteiger partial charge in [0.2, 0.25) is 0 Å². The van der Waals surface area contributed by atoms with Crippen LogP contribution in [0.25, 0.3) is 0 Å². The fraction of sp³-hybridized carbons (Fsp3) is 0.769. The van der Waals surface area contributed by atoms with Crippen LogP contribution in [0, 0.1) is 5.41 Å². The zero-order valence-corrected chi connectivity index (χ0v) is 13.6. The van der Waals surface area contributed by atoms with E-state index in [9.17, 15) is 0 Å². The lowest BCUT2D eigenvalue weighted by Crippen LogP contribution is -2.46. The molecule has 18 heavy (non-hydrogen) atoms. The number of nitrogens with two attached hydrogens (primary N) is 1. The highest BCUT2D eigenvalue weighted by Crippen LogP contribution is 2.28. The molecule has 0 aliphatic rings. The maximum absolute atomic E-state index is 5.69. The van der Waals surface area contributed by atoms with Gasteiger partial charge in [0.05, 0.1) is 15.9 Å². The van der Waals surface area contributed by atoms with E-state index in [2.05, 4.69) is 65.8 Å². The number of rotatable bonds is 5. The Morgan fingerprint density at radius 1 is 1.39 bits per heavy atom. The van der Waals surface area contributed by atoms with E-state index in [1.54, 1.807) is 0 Å². The van der Waals surface area contributed by atoms with Crippen LogP contribution >= 0.6 is 15.9 Å². The quantitative estimate of drug-likeness (QED) is 0.648. The number of hydrazine groups is 1. The number of aryl methyl sites for hydroxylation is 2. The van der Waals surface area contributed by atoms with Gasteiger partial charge in [-0.2, -0.15) is 5.10 Å². The summed E-state index contributed by atoms with van der Waals surface area (Å²) in [4.78, 5) is 0. The van der Waals surface area contributed by atoms with Crippen molar-refractivity contribution in [1.82, 2.24) is 15.2 Å². The average molecular weight is 317 g/mol. The first kappa shape index (κ1) is 15.7. The first-order valence-electron chi connectivity index (χ1n) is 6.55. The molecule has 0 saturated carbocycles. The Balaban J connectivity index is 3.05. The number of nitrogens with one attached hydrogen (secondary N) is 1. The van der Waals surface area contributed by atoms with Crippen LogP contribution in [-0.2, 0) is 19.4 Å². The largest absolute Gasteiger partial charge is 0.271 e. The Morgan fingerprint density at radius 3 is 2.39 bits per heavy atom. The van der Waals surface area contributed by atoms with Gasteiger partial charge in [0, 0.05) is 19.0 Å². The molecule has 1 aromatic rings. The molecule has 0 amide bonds. The van der Waals surface area contributed by atoms with E-state index < -0.39 is 0 Å². The molecule has 0 saturated heterocycles. The molecule has 5 heteroatoms. The summed E-state index contributed by atoms with van der Waals surface area (Å²) in [5.41, 5.74) is 5.40. The summed E-state index contributed by atoms with van der Waals surface area (Å²) in [7, 11) is 0. The maximum Gasteiger partial charge on any atom is 0.0766 e. The minimum absolute atomic E-state index is 0.114. The molecule has 0 fully saturated rings. The highest BCUT2D eigenvalue weighted by Gasteiger charge is 2.26. The molecule has 3 N–H and O–H groups in total. The van der Waals surface area contributed by atoms with Crippen LogP contribution in [0.3, 0.4) is 0 Å². The van der Waals surface area contributed by atoms with Crippen LogP contribution in [-0.4, -0.2) is 15.8 Å². The van der Waals surface area contributed by atoms with Crippen LogP contribution in [0.15, 0.2) is 4.47 Å². The van der Waals surface area contributed by atoms with E-state index in [1.807, 2.05) is 0 Å². The van der Waals surface area contributed by atoms with Crippen molar-refractivity contribution in [2.75, 3.05) is 0 Å². The molecule has 0 spiro atoms. The SMILES string of the molecule is CCc1nn(CC)c(CC(NN)C(C)(C)C)c1Br. The van der Waals surface area contributed by atoms with Gasteiger partial charge >= 0.3 is 0 Å². The normalized spacial score (nSPS) is 13.9. The average Bonchev–Trinajstić information content (AvgIpc) is 2.60. The van der Waals surface area contributed by atoms with Crippen molar-refractivity contribution >= 4 is 15.9 Å².